The number of rotatable bonds is 4. The maximum atomic E-state index is 13.7. The molecule has 2 aromatic rings. The average Bonchev–Trinajstić information content (AvgIpc) is 3.71. The number of piperazine rings is 1. The number of amides is 4. The summed E-state index contributed by atoms with van der Waals surface area (Å²) < 4.78 is 19.1. The van der Waals surface area contributed by atoms with E-state index in [2.05, 4.69) is 5.32 Å². The minimum absolute atomic E-state index is 0.0329. The quantitative estimate of drug-likeness (QED) is 0.518. The Morgan fingerprint density at radius 2 is 1.91 bits per heavy atom. The van der Waals surface area contributed by atoms with E-state index in [1.807, 2.05) is 38.3 Å². The van der Waals surface area contributed by atoms with Crippen molar-refractivity contribution in [2.45, 2.75) is 64.6 Å². The smallest absolute Gasteiger partial charge is 0.411 e. The Bertz CT molecular complexity index is 1430. The van der Waals surface area contributed by atoms with Crippen molar-refractivity contribution in [3.8, 4) is 17.2 Å². The Balaban J connectivity index is 0.000000199. The van der Waals surface area contributed by atoms with E-state index < -0.39 is 17.7 Å². The van der Waals surface area contributed by atoms with Gasteiger partial charge in [0.15, 0.2) is 0 Å². The normalized spacial score (nSPS) is 21.2. The lowest BCUT2D eigenvalue weighted by Gasteiger charge is -2.35. The maximum Gasteiger partial charge on any atom is 0.411 e. The summed E-state index contributed by atoms with van der Waals surface area (Å²) in [5.41, 5.74) is 1.58. The molecule has 10 nitrogen and oxygen atoms in total. The molecule has 12 heteroatoms. The van der Waals surface area contributed by atoms with Crippen LogP contribution in [0.25, 0.3) is 11.1 Å². The van der Waals surface area contributed by atoms with E-state index in [4.69, 9.17) is 10.00 Å². The van der Waals surface area contributed by atoms with Gasteiger partial charge in [-0.05, 0) is 87.1 Å². The van der Waals surface area contributed by atoms with Gasteiger partial charge in [-0.1, -0.05) is 12.1 Å². The molecule has 3 heterocycles. The van der Waals surface area contributed by atoms with E-state index in [0.29, 0.717) is 23.5 Å². The van der Waals surface area contributed by atoms with E-state index in [1.165, 1.54) is 17.4 Å². The zero-order valence-corrected chi connectivity index (χ0v) is 26.0. The minimum atomic E-state index is -0.577. The summed E-state index contributed by atoms with van der Waals surface area (Å²) >= 11 is 1.32. The number of nitriles is 1. The van der Waals surface area contributed by atoms with Gasteiger partial charge in [0.2, 0.25) is 11.8 Å². The molecule has 3 aliphatic rings. The second-order valence-corrected chi connectivity index (χ2v) is 13.1. The van der Waals surface area contributed by atoms with Crippen molar-refractivity contribution in [1.82, 2.24) is 20.0 Å². The van der Waals surface area contributed by atoms with Gasteiger partial charge in [0.1, 0.15) is 30.5 Å². The molecule has 1 aromatic heterocycles. The monoisotopic (exact) mass is 611 g/mol. The standard InChI is InChI=1S/C17H17FN2O2S.C14H21N3O3/c1-11-3-4-12(7-14(11)18)13-8-15(23-10-13)17(22)20-6-5-19(2)16(21)9-20;1-14(2,3)20-13(19)17-10-5-4-9(8-10)11(17)12(18)16-7-6-15/h3-4,7-8,10H,5-6,9H2,1-2H3;9-11H,4-5,7-8H2,1-3H3,(H,16,18)/t;9-,10+,11-/m.0/s1. The van der Waals surface area contributed by atoms with Gasteiger partial charge in [0.25, 0.3) is 5.91 Å². The van der Waals surface area contributed by atoms with E-state index >= 15 is 0 Å². The number of ether oxygens (including phenoxy) is 1. The molecule has 3 fully saturated rings. The van der Waals surface area contributed by atoms with Crippen molar-refractivity contribution >= 4 is 35.2 Å². The molecular weight excluding hydrogens is 573 g/mol. The first-order valence-corrected chi connectivity index (χ1v) is 15.2. The molecule has 0 unspecified atom stereocenters. The Kier molecular flexibility index (Phi) is 9.75. The molecule has 3 atom stereocenters. The second-order valence-electron chi connectivity index (χ2n) is 12.1. The summed E-state index contributed by atoms with van der Waals surface area (Å²) in [4.78, 5) is 54.0. The summed E-state index contributed by atoms with van der Waals surface area (Å²) in [6, 6.07) is 8.29. The Morgan fingerprint density at radius 3 is 2.56 bits per heavy atom. The zero-order chi connectivity index (χ0) is 31.5. The fourth-order valence-electron chi connectivity index (χ4n) is 5.59. The van der Waals surface area contributed by atoms with Crippen LogP contribution in [0.1, 0.15) is 55.3 Å². The summed E-state index contributed by atoms with van der Waals surface area (Å²) in [6.07, 6.45) is 2.30. The van der Waals surface area contributed by atoms with E-state index in [1.54, 1.807) is 40.8 Å². The zero-order valence-electron chi connectivity index (χ0n) is 25.2. The molecule has 1 aliphatic carbocycles. The van der Waals surface area contributed by atoms with Crippen LogP contribution in [-0.4, -0.2) is 89.4 Å². The summed E-state index contributed by atoms with van der Waals surface area (Å²) in [5.74, 6) is -0.515. The van der Waals surface area contributed by atoms with Crippen molar-refractivity contribution in [1.29, 1.82) is 5.26 Å². The Morgan fingerprint density at radius 1 is 1.16 bits per heavy atom. The number of carbonyl (C=O) groups excluding carboxylic acids is 4. The molecule has 1 aromatic carbocycles. The van der Waals surface area contributed by atoms with Crippen LogP contribution in [0.4, 0.5) is 9.18 Å². The SMILES string of the molecule is CC(C)(C)OC(=O)N1[C@@H]2CC[C@@H](C2)[C@H]1C(=O)NCC#N.Cc1ccc(-c2csc(C(=O)N3CCN(C)C(=O)C3)c2)cc1F. The third-order valence-electron chi connectivity index (χ3n) is 7.86. The molecule has 0 radical (unpaired) electrons. The Hall–Kier alpha value is -3.98. The topological polar surface area (TPSA) is 123 Å². The molecular formula is C31H38FN5O5S. The van der Waals surface area contributed by atoms with E-state index in [0.717, 1.165) is 30.4 Å². The highest BCUT2D eigenvalue weighted by Crippen LogP contribution is 2.43. The van der Waals surface area contributed by atoms with Crippen LogP contribution in [0.2, 0.25) is 0 Å². The number of likely N-dealkylation sites (tertiary alicyclic amines) is 1. The third-order valence-corrected chi connectivity index (χ3v) is 8.78. The number of benzene rings is 1. The van der Waals surface area contributed by atoms with Gasteiger partial charge in [-0.2, -0.15) is 5.26 Å². The van der Waals surface area contributed by atoms with Crippen molar-refractivity contribution < 1.29 is 28.3 Å². The highest BCUT2D eigenvalue weighted by Gasteiger charge is 2.52. The van der Waals surface area contributed by atoms with Crippen LogP contribution in [0.15, 0.2) is 29.6 Å². The Labute approximate surface area is 255 Å². The molecule has 2 bridgehead atoms. The van der Waals surface area contributed by atoms with Crippen LogP contribution in [0.5, 0.6) is 0 Å². The van der Waals surface area contributed by atoms with Crippen LogP contribution in [-0.2, 0) is 14.3 Å². The molecule has 0 spiro atoms. The molecule has 2 saturated heterocycles. The van der Waals surface area contributed by atoms with Crippen LogP contribution in [0.3, 0.4) is 0 Å². The highest BCUT2D eigenvalue weighted by molar-refractivity contribution is 7.12. The van der Waals surface area contributed by atoms with Crippen LogP contribution in [0, 0.1) is 30.0 Å². The maximum absolute atomic E-state index is 13.7. The first kappa shape index (κ1) is 31.9. The second kappa shape index (κ2) is 13.1. The van der Waals surface area contributed by atoms with Gasteiger partial charge >= 0.3 is 6.09 Å². The van der Waals surface area contributed by atoms with Crippen LogP contribution < -0.4 is 5.32 Å². The summed E-state index contributed by atoms with van der Waals surface area (Å²) in [6.45, 7) is 8.31. The minimum Gasteiger partial charge on any atom is -0.444 e. The third kappa shape index (κ3) is 7.51. The number of piperidine rings is 1. The summed E-state index contributed by atoms with van der Waals surface area (Å²) in [5, 5.41) is 12.9. The number of nitrogens with one attached hydrogen (secondary N) is 1. The van der Waals surface area contributed by atoms with Crippen molar-refractivity contribution in [3.05, 3.63) is 45.9 Å². The molecule has 5 rings (SSSR count). The largest absolute Gasteiger partial charge is 0.444 e. The molecule has 4 amide bonds. The van der Waals surface area contributed by atoms with E-state index in [-0.39, 0.29) is 48.6 Å². The molecule has 43 heavy (non-hydrogen) atoms. The molecule has 1 N–H and O–H groups in total. The molecule has 2 aliphatic heterocycles. The van der Waals surface area contributed by atoms with Crippen molar-refractivity contribution in [2.24, 2.45) is 5.92 Å². The lowest BCUT2D eigenvalue weighted by atomic mass is 9.98. The lowest BCUT2D eigenvalue weighted by molar-refractivity contribution is -0.133. The highest BCUT2D eigenvalue weighted by atomic mass is 32.1. The number of hydrogen-bond donors (Lipinski definition) is 1. The number of hydrogen-bond acceptors (Lipinski definition) is 7. The van der Waals surface area contributed by atoms with Gasteiger partial charge in [0.05, 0.1) is 10.9 Å². The number of halogens is 1. The molecule has 1 saturated carbocycles. The predicted molar refractivity (Wildman–Crippen MR) is 160 cm³/mol. The van der Waals surface area contributed by atoms with Gasteiger partial charge in [-0.25, -0.2) is 9.18 Å². The van der Waals surface area contributed by atoms with Gasteiger partial charge < -0.3 is 19.9 Å². The number of nitrogens with zero attached hydrogens (tertiary/aromatic N) is 4. The fraction of sp³-hybridized carbons (Fsp3) is 0.516. The van der Waals surface area contributed by atoms with Gasteiger partial charge in [0, 0.05) is 26.2 Å². The van der Waals surface area contributed by atoms with Crippen molar-refractivity contribution in [2.75, 3.05) is 33.2 Å². The first-order chi connectivity index (χ1) is 20.3. The predicted octanol–water partition coefficient (Wildman–Crippen LogP) is 4.19. The van der Waals surface area contributed by atoms with Gasteiger partial charge in [-0.15, -0.1) is 11.3 Å². The number of likely N-dealkylation sites (N-methyl/N-ethyl adjacent to an activating group) is 1. The number of fused-ring (bicyclic) bond motifs is 2. The fourth-order valence-corrected chi connectivity index (χ4v) is 6.48. The number of carbonyl (C=O) groups is 4. The average molecular weight is 612 g/mol. The number of aryl methyl sites for hydroxylation is 1. The lowest BCUT2D eigenvalue weighted by Crippen LogP contribution is -2.53. The molecule has 230 valence electrons. The summed E-state index contributed by atoms with van der Waals surface area (Å²) in [7, 11) is 1.74. The van der Waals surface area contributed by atoms with Gasteiger partial charge in [-0.3, -0.25) is 19.3 Å². The first-order valence-electron chi connectivity index (χ1n) is 14.3. The van der Waals surface area contributed by atoms with Crippen molar-refractivity contribution in [3.63, 3.8) is 0 Å². The van der Waals surface area contributed by atoms with E-state index in [9.17, 15) is 23.6 Å². The van der Waals surface area contributed by atoms with Crippen LogP contribution >= 0.6 is 11.3 Å². The number of thiophene rings is 1.